The number of H-pyrrole nitrogens is 1. The van der Waals surface area contributed by atoms with Gasteiger partial charge in [0.05, 0.1) is 5.69 Å². The maximum Gasteiger partial charge on any atom is 0.258 e. The highest BCUT2D eigenvalue weighted by molar-refractivity contribution is 6.08. The molecule has 0 saturated heterocycles. The number of amides is 1. The molecule has 0 atom stereocenters. The molecule has 5 heteroatoms. The summed E-state index contributed by atoms with van der Waals surface area (Å²) in [6.45, 7) is 5.21. The summed E-state index contributed by atoms with van der Waals surface area (Å²) in [7, 11) is 0. The van der Waals surface area contributed by atoms with E-state index in [4.69, 9.17) is 5.73 Å². The van der Waals surface area contributed by atoms with Gasteiger partial charge in [-0.3, -0.25) is 4.79 Å². The zero-order valence-electron chi connectivity index (χ0n) is 15.6. The SMILES string of the molecule is Cc1cc2c([nH]1)CCN(C(=O)c1ccc(CN)c(C)c1)c1ccccc1-2.Cl. The molecule has 2 heterocycles. The van der Waals surface area contributed by atoms with Crippen LogP contribution in [-0.2, 0) is 13.0 Å². The number of para-hydroxylation sites is 1. The van der Waals surface area contributed by atoms with E-state index in [0.29, 0.717) is 18.7 Å². The van der Waals surface area contributed by atoms with Gasteiger partial charge in [0.25, 0.3) is 5.91 Å². The number of rotatable bonds is 2. The second-order valence-corrected chi connectivity index (χ2v) is 6.91. The summed E-state index contributed by atoms with van der Waals surface area (Å²) >= 11 is 0. The number of anilines is 1. The van der Waals surface area contributed by atoms with Crippen LogP contribution in [0, 0.1) is 13.8 Å². The molecule has 0 saturated carbocycles. The van der Waals surface area contributed by atoms with Crippen molar-refractivity contribution in [2.75, 3.05) is 11.4 Å². The maximum absolute atomic E-state index is 13.3. The number of nitrogens with zero attached hydrogens (tertiary/aromatic N) is 1. The van der Waals surface area contributed by atoms with Crippen molar-refractivity contribution in [3.05, 3.63) is 76.6 Å². The van der Waals surface area contributed by atoms with Gasteiger partial charge >= 0.3 is 0 Å². The molecule has 140 valence electrons. The van der Waals surface area contributed by atoms with Gasteiger partial charge < -0.3 is 15.6 Å². The van der Waals surface area contributed by atoms with Gasteiger partial charge in [-0.25, -0.2) is 0 Å². The van der Waals surface area contributed by atoms with Crippen LogP contribution in [0.2, 0.25) is 0 Å². The van der Waals surface area contributed by atoms with Gasteiger partial charge in [0.2, 0.25) is 0 Å². The van der Waals surface area contributed by atoms with E-state index in [-0.39, 0.29) is 18.3 Å². The molecule has 4 rings (SSSR count). The van der Waals surface area contributed by atoms with E-state index in [9.17, 15) is 4.79 Å². The summed E-state index contributed by atoms with van der Waals surface area (Å²) in [4.78, 5) is 18.6. The Morgan fingerprint density at radius 2 is 1.89 bits per heavy atom. The van der Waals surface area contributed by atoms with Crippen molar-refractivity contribution in [2.45, 2.75) is 26.8 Å². The number of hydrogen-bond acceptors (Lipinski definition) is 2. The van der Waals surface area contributed by atoms with Gasteiger partial charge in [0.1, 0.15) is 0 Å². The molecular weight excluding hydrogens is 358 g/mol. The quantitative estimate of drug-likeness (QED) is 0.691. The number of aromatic amines is 1. The average molecular weight is 382 g/mol. The highest BCUT2D eigenvalue weighted by Gasteiger charge is 2.26. The fraction of sp³-hybridized carbons (Fsp3) is 0.227. The summed E-state index contributed by atoms with van der Waals surface area (Å²) in [5.74, 6) is 0.0333. The van der Waals surface area contributed by atoms with E-state index in [1.165, 1.54) is 11.3 Å². The molecule has 0 fully saturated rings. The Labute approximate surface area is 165 Å². The summed E-state index contributed by atoms with van der Waals surface area (Å²) < 4.78 is 0. The fourth-order valence-corrected chi connectivity index (χ4v) is 3.79. The lowest BCUT2D eigenvalue weighted by Gasteiger charge is -2.23. The van der Waals surface area contributed by atoms with Gasteiger partial charge in [-0.15, -0.1) is 12.4 Å². The minimum atomic E-state index is 0. The van der Waals surface area contributed by atoms with Gasteiger partial charge in [0.15, 0.2) is 0 Å². The minimum absolute atomic E-state index is 0. The molecule has 1 aromatic heterocycles. The zero-order valence-corrected chi connectivity index (χ0v) is 16.4. The van der Waals surface area contributed by atoms with Gasteiger partial charge in [0, 0.05) is 47.6 Å². The van der Waals surface area contributed by atoms with E-state index in [1.807, 2.05) is 48.2 Å². The Morgan fingerprint density at radius 3 is 2.63 bits per heavy atom. The van der Waals surface area contributed by atoms with E-state index in [1.54, 1.807) is 0 Å². The molecule has 2 aromatic carbocycles. The van der Waals surface area contributed by atoms with Crippen molar-refractivity contribution in [3.8, 4) is 11.1 Å². The molecule has 27 heavy (non-hydrogen) atoms. The van der Waals surface area contributed by atoms with Crippen LogP contribution in [0.25, 0.3) is 11.1 Å². The molecular formula is C22H24ClN3O. The molecule has 1 aliphatic rings. The number of fused-ring (bicyclic) bond motifs is 3. The highest BCUT2D eigenvalue weighted by atomic mass is 35.5. The van der Waals surface area contributed by atoms with Crippen molar-refractivity contribution in [3.63, 3.8) is 0 Å². The largest absolute Gasteiger partial charge is 0.362 e. The lowest BCUT2D eigenvalue weighted by molar-refractivity contribution is 0.0987. The molecule has 0 bridgehead atoms. The van der Waals surface area contributed by atoms with Gasteiger partial charge in [-0.05, 0) is 49.2 Å². The third kappa shape index (κ3) is 3.38. The van der Waals surface area contributed by atoms with Crippen molar-refractivity contribution in [2.24, 2.45) is 5.73 Å². The van der Waals surface area contributed by atoms with Crippen molar-refractivity contribution >= 4 is 24.0 Å². The van der Waals surface area contributed by atoms with Crippen LogP contribution in [0.15, 0.2) is 48.5 Å². The maximum atomic E-state index is 13.3. The van der Waals surface area contributed by atoms with E-state index < -0.39 is 0 Å². The smallest absolute Gasteiger partial charge is 0.258 e. The third-order valence-corrected chi connectivity index (χ3v) is 5.16. The second-order valence-electron chi connectivity index (χ2n) is 6.91. The topological polar surface area (TPSA) is 62.1 Å². The monoisotopic (exact) mass is 381 g/mol. The number of halogens is 1. The number of carbonyl (C=O) groups is 1. The van der Waals surface area contributed by atoms with E-state index in [0.717, 1.165) is 34.5 Å². The average Bonchev–Trinajstić information content (AvgIpc) is 2.95. The lowest BCUT2D eigenvalue weighted by atomic mass is 10.0. The molecule has 3 N–H and O–H groups in total. The first-order valence-corrected chi connectivity index (χ1v) is 8.98. The normalized spacial score (nSPS) is 12.6. The number of nitrogens with one attached hydrogen (secondary N) is 1. The number of carbonyl (C=O) groups excluding carboxylic acids is 1. The summed E-state index contributed by atoms with van der Waals surface area (Å²) in [6.07, 6.45) is 0.809. The predicted octanol–water partition coefficient (Wildman–Crippen LogP) is 4.38. The first-order valence-electron chi connectivity index (χ1n) is 8.98. The highest BCUT2D eigenvalue weighted by Crippen LogP contribution is 2.37. The van der Waals surface area contributed by atoms with Crippen LogP contribution in [0.4, 0.5) is 5.69 Å². The number of nitrogens with two attached hydrogens (primary N) is 1. The minimum Gasteiger partial charge on any atom is -0.362 e. The molecule has 3 aromatic rings. The second kappa shape index (κ2) is 7.59. The number of hydrogen-bond donors (Lipinski definition) is 2. The van der Waals surface area contributed by atoms with Crippen LogP contribution in [0.5, 0.6) is 0 Å². The summed E-state index contributed by atoms with van der Waals surface area (Å²) in [6, 6.07) is 16.1. The molecule has 0 unspecified atom stereocenters. The van der Waals surface area contributed by atoms with Crippen LogP contribution >= 0.6 is 12.4 Å². The Kier molecular flexibility index (Phi) is 5.40. The first-order chi connectivity index (χ1) is 12.6. The Hall–Kier alpha value is -2.56. The zero-order chi connectivity index (χ0) is 18.3. The molecule has 0 radical (unpaired) electrons. The first kappa shape index (κ1) is 19.2. The molecule has 0 spiro atoms. The van der Waals surface area contributed by atoms with Crippen molar-refractivity contribution in [1.82, 2.24) is 4.98 Å². The van der Waals surface area contributed by atoms with Gasteiger partial charge in [-0.2, -0.15) is 0 Å². The Morgan fingerprint density at radius 1 is 1.11 bits per heavy atom. The summed E-state index contributed by atoms with van der Waals surface area (Å²) in [5, 5.41) is 0. The molecule has 0 aliphatic carbocycles. The van der Waals surface area contributed by atoms with Crippen LogP contribution < -0.4 is 10.6 Å². The number of aromatic nitrogens is 1. The Bertz CT molecular complexity index is 993. The van der Waals surface area contributed by atoms with Gasteiger partial charge in [-0.1, -0.05) is 24.3 Å². The molecule has 1 amide bonds. The molecule has 4 nitrogen and oxygen atoms in total. The van der Waals surface area contributed by atoms with E-state index >= 15 is 0 Å². The number of benzene rings is 2. The van der Waals surface area contributed by atoms with E-state index in [2.05, 4.69) is 24.0 Å². The molecule has 1 aliphatic heterocycles. The van der Waals surface area contributed by atoms with Crippen LogP contribution in [0.1, 0.15) is 32.9 Å². The summed E-state index contributed by atoms with van der Waals surface area (Å²) in [5.41, 5.74) is 14.2. The Balaban J connectivity index is 0.00000210. The predicted molar refractivity (Wildman–Crippen MR) is 113 cm³/mol. The third-order valence-electron chi connectivity index (χ3n) is 5.16. The van der Waals surface area contributed by atoms with Crippen LogP contribution in [0.3, 0.4) is 0 Å². The van der Waals surface area contributed by atoms with Crippen LogP contribution in [-0.4, -0.2) is 17.4 Å². The fourth-order valence-electron chi connectivity index (χ4n) is 3.79. The van der Waals surface area contributed by atoms with Crippen molar-refractivity contribution in [1.29, 1.82) is 0 Å². The van der Waals surface area contributed by atoms with Crippen molar-refractivity contribution < 1.29 is 4.79 Å². The number of aryl methyl sites for hydroxylation is 2. The standard InChI is InChI=1S/C22H23N3O.ClH/c1-14-11-16(7-8-17(14)13-23)22(26)25-10-9-20-19(12-15(2)24-20)18-5-3-4-6-21(18)25;/h3-8,11-12,24H,9-10,13,23H2,1-2H3;1H. The lowest BCUT2D eigenvalue weighted by Crippen LogP contribution is -2.32.